The fourth-order valence-corrected chi connectivity index (χ4v) is 5.45. The third kappa shape index (κ3) is 6.29. The van der Waals surface area contributed by atoms with Crippen LogP contribution in [0.4, 0.5) is 11.4 Å². The molecule has 1 saturated heterocycles. The molecule has 2 unspecified atom stereocenters. The van der Waals surface area contributed by atoms with Crippen molar-refractivity contribution in [2.75, 3.05) is 51.3 Å². The number of nitro benzene ring substituents is 1. The van der Waals surface area contributed by atoms with Gasteiger partial charge in [-0.3, -0.25) is 24.8 Å². The van der Waals surface area contributed by atoms with Gasteiger partial charge in [0.2, 0.25) is 0 Å². The van der Waals surface area contributed by atoms with E-state index < -0.39 is 28.7 Å². The van der Waals surface area contributed by atoms with Crippen molar-refractivity contribution in [3.05, 3.63) is 80.5 Å². The van der Waals surface area contributed by atoms with E-state index in [0.29, 0.717) is 23.5 Å². The van der Waals surface area contributed by atoms with E-state index in [-0.39, 0.29) is 17.9 Å². The number of nitrogens with zero attached hydrogens (tertiary/aromatic N) is 4. The number of carbonyl (C=O) groups excluding carboxylic acids is 2. The maximum Gasteiger partial charge on any atom is 0.336 e. The largest absolute Gasteiger partial charge is 0.468 e. The number of allylic oxidation sites excluding steroid dienone is 1. The molecule has 4 rings (SSSR count). The number of ether oxygens (including phenoxy) is 2. The minimum Gasteiger partial charge on any atom is -0.468 e. The first kappa shape index (κ1) is 28.3. The maximum atomic E-state index is 13.4. The van der Waals surface area contributed by atoms with Crippen LogP contribution in [0.1, 0.15) is 25.3 Å². The predicted molar refractivity (Wildman–Crippen MR) is 148 cm³/mol. The Morgan fingerprint density at radius 1 is 1.10 bits per heavy atom. The van der Waals surface area contributed by atoms with E-state index in [2.05, 4.69) is 14.8 Å². The quantitative estimate of drug-likeness (QED) is 0.270. The van der Waals surface area contributed by atoms with Gasteiger partial charge in [-0.05, 0) is 31.5 Å². The first-order valence-electron chi connectivity index (χ1n) is 12.7. The topological polar surface area (TPSA) is 115 Å². The van der Waals surface area contributed by atoms with Gasteiger partial charge in [0.25, 0.3) is 5.69 Å². The van der Waals surface area contributed by atoms with Gasteiger partial charge < -0.3 is 14.4 Å². The lowest BCUT2D eigenvalue weighted by molar-refractivity contribution is -0.384. The van der Waals surface area contributed by atoms with Gasteiger partial charge in [-0.15, -0.1) is 0 Å². The summed E-state index contributed by atoms with van der Waals surface area (Å²) < 4.78 is 10.7. The van der Waals surface area contributed by atoms with Crippen molar-refractivity contribution >= 4 is 40.6 Å². The van der Waals surface area contributed by atoms with Crippen molar-refractivity contribution in [1.29, 1.82) is 0 Å². The van der Waals surface area contributed by atoms with Gasteiger partial charge in [-0.2, -0.15) is 0 Å². The van der Waals surface area contributed by atoms with Crippen LogP contribution in [-0.2, 0) is 19.1 Å². The number of methoxy groups -OCH3 is 1. The number of nitro groups is 1. The molecule has 0 spiro atoms. The Hall–Kier alpha value is -3.76. The molecule has 2 heterocycles. The van der Waals surface area contributed by atoms with Gasteiger partial charge in [0.05, 0.1) is 28.3 Å². The molecule has 0 saturated carbocycles. The molecule has 11 heteroatoms. The molecule has 0 amide bonds. The highest BCUT2D eigenvalue weighted by molar-refractivity contribution is 6.33. The Morgan fingerprint density at radius 3 is 2.49 bits per heavy atom. The Balaban J connectivity index is 1.46. The molecule has 1 fully saturated rings. The van der Waals surface area contributed by atoms with Gasteiger partial charge in [-0.25, -0.2) is 4.79 Å². The van der Waals surface area contributed by atoms with Crippen molar-refractivity contribution in [1.82, 2.24) is 4.90 Å². The minimum absolute atomic E-state index is 0.141. The summed E-state index contributed by atoms with van der Waals surface area (Å²) in [5.41, 5.74) is 2.37. The van der Waals surface area contributed by atoms with Crippen LogP contribution < -0.4 is 4.90 Å². The number of aliphatic imine (C=N–C) groups is 1. The number of benzene rings is 2. The standard InChI is InChI=1S/C28H31ClN4O6/c1-18-24(27(34)38-3)26(20-7-6-8-21(17-20)33(36)37)25(19(2)30-18)28(35)39-16-15-31-11-13-32(14-12-31)23-10-5-4-9-22(23)29/h4-10,17,24,26H,11-16H2,1-3H3. The molecule has 10 nitrogen and oxygen atoms in total. The summed E-state index contributed by atoms with van der Waals surface area (Å²) in [7, 11) is 1.26. The SMILES string of the molecule is COC(=O)C1C(C)=NC(C)=C(C(=O)OCCN2CCN(c3ccccc3Cl)CC2)C1c1cccc([N+](=O)[O-])c1. The highest BCUT2D eigenvalue weighted by Gasteiger charge is 2.42. The number of hydrogen-bond acceptors (Lipinski definition) is 9. The normalized spacial score (nSPS) is 19.9. The summed E-state index contributed by atoms with van der Waals surface area (Å²) in [6.45, 7) is 7.21. The van der Waals surface area contributed by atoms with Crippen LogP contribution in [-0.4, -0.2) is 73.9 Å². The molecule has 0 N–H and O–H groups in total. The Bertz CT molecular complexity index is 1320. The molecular weight excluding hydrogens is 524 g/mol. The fourth-order valence-electron chi connectivity index (χ4n) is 5.19. The number of esters is 2. The van der Waals surface area contributed by atoms with Crippen LogP contribution in [0.15, 0.2) is 64.8 Å². The van der Waals surface area contributed by atoms with Crippen molar-refractivity contribution in [2.24, 2.45) is 10.9 Å². The molecule has 0 bridgehead atoms. The zero-order valence-electron chi connectivity index (χ0n) is 22.1. The summed E-state index contributed by atoms with van der Waals surface area (Å²) >= 11 is 6.34. The highest BCUT2D eigenvalue weighted by atomic mass is 35.5. The lowest BCUT2D eigenvalue weighted by Gasteiger charge is -2.36. The highest BCUT2D eigenvalue weighted by Crippen LogP contribution is 2.41. The van der Waals surface area contributed by atoms with E-state index in [4.69, 9.17) is 21.1 Å². The molecule has 0 radical (unpaired) electrons. The fraction of sp³-hybridized carbons (Fsp3) is 0.393. The van der Waals surface area contributed by atoms with Crippen molar-refractivity contribution in [3.63, 3.8) is 0 Å². The number of carbonyl (C=O) groups is 2. The van der Waals surface area contributed by atoms with E-state index >= 15 is 0 Å². The molecular formula is C28H31ClN4O6. The number of para-hydroxylation sites is 1. The van der Waals surface area contributed by atoms with Crippen molar-refractivity contribution in [3.8, 4) is 0 Å². The second kappa shape index (κ2) is 12.4. The van der Waals surface area contributed by atoms with E-state index in [1.807, 2.05) is 24.3 Å². The van der Waals surface area contributed by atoms with Gasteiger partial charge >= 0.3 is 11.9 Å². The van der Waals surface area contributed by atoms with Gasteiger partial charge in [0, 0.05) is 62.2 Å². The molecule has 2 atom stereocenters. The zero-order valence-corrected chi connectivity index (χ0v) is 22.9. The van der Waals surface area contributed by atoms with E-state index in [9.17, 15) is 19.7 Å². The summed E-state index contributed by atoms with van der Waals surface area (Å²) in [5, 5.41) is 12.2. The number of anilines is 1. The second-order valence-corrected chi connectivity index (χ2v) is 9.91. The van der Waals surface area contributed by atoms with Gasteiger partial charge in [0.1, 0.15) is 12.5 Å². The number of halogens is 1. The average molecular weight is 555 g/mol. The predicted octanol–water partition coefficient (Wildman–Crippen LogP) is 4.23. The number of hydrogen-bond donors (Lipinski definition) is 0. The minimum atomic E-state index is -0.916. The molecule has 2 aromatic carbocycles. The third-order valence-corrected chi connectivity index (χ3v) is 7.47. The van der Waals surface area contributed by atoms with E-state index in [1.54, 1.807) is 19.9 Å². The van der Waals surface area contributed by atoms with Crippen molar-refractivity contribution < 1.29 is 24.0 Å². The third-order valence-electron chi connectivity index (χ3n) is 7.15. The molecule has 2 aliphatic heterocycles. The molecule has 2 aromatic rings. The number of non-ortho nitro benzene ring substituents is 1. The second-order valence-electron chi connectivity index (χ2n) is 9.50. The molecule has 2 aliphatic rings. The van der Waals surface area contributed by atoms with E-state index in [1.165, 1.54) is 25.3 Å². The van der Waals surface area contributed by atoms with Gasteiger partial charge in [-0.1, -0.05) is 35.9 Å². The van der Waals surface area contributed by atoms with Gasteiger partial charge in [0.15, 0.2) is 0 Å². The van der Waals surface area contributed by atoms with Crippen molar-refractivity contribution in [2.45, 2.75) is 19.8 Å². The van der Waals surface area contributed by atoms with Crippen LogP contribution in [0.3, 0.4) is 0 Å². The Morgan fingerprint density at radius 2 is 1.82 bits per heavy atom. The van der Waals surface area contributed by atoms with Crippen LogP contribution in [0.5, 0.6) is 0 Å². The molecule has 39 heavy (non-hydrogen) atoms. The average Bonchev–Trinajstić information content (AvgIpc) is 2.93. The first-order valence-corrected chi connectivity index (χ1v) is 13.1. The Kier molecular flexibility index (Phi) is 8.98. The number of piperazine rings is 1. The Labute approximate surface area is 232 Å². The summed E-state index contributed by atoms with van der Waals surface area (Å²) in [6, 6.07) is 13.7. The smallest absolute Gasteiger partial charge is 0.336 e. The monoisotopic (exact) mass is 554 g/mol. The van der Waals surface area contributed by atoms with Crippen LogP contribution in [0.2, 0.25) is 5.02 Å². The van der Waals surface area contributed by atoms with Crippen LogP contribution >= 0.6 is 11.6 Å². The first-order chi connectivity index (χ1) is 18.7. The maximum absolute atomic E-state index is 13.4. The summed E-state index contributed by atoms with van der Waals surface area (Å²) in [4.78, 5) is 46.0. The summed E-state index contributed by atoms with van der Waals surface area (Å²) in [6.07, 6.45) is 0. The van der Waals surface area contributed by atoms with E-state index in [0.717, 1.165) is 36.9 Å². The number of rotatable bonds is 8. The van der Waals surface area contributed by atoms with Crippen LogP contribution in [0, 0.1) is 16.0 Å². The molecule has 206 valence electrons. The zero-order chi connectivity index (χ0) is 28.1. The lowest BCUT2D eigenvalue weighted by atomic mass is 9.75. The molecule has 0 aromatic heterocycles. The van der Waals surface area contributed by atoms with Crippen LogP contribution in [0.25, 0.3) is 0 Å². The molecule has 0 aliphatic carbocycles. The summed E-state index contributed by atoms with van der Waals surface area (Å²) in [5.74, 6) is -2.94. The lowest BCUT2D eigenvalue weighted by Crippen LogP contribution is -2.47.